The molecule has 1 aliphatic rings. The van der Waals surface area contributed by atoms with E-state index in [4.69, 9.17) is 18.7 Å². The Morgan fingerprint density at radius 2 is 1.88 bits per heavy atom. The number of piperidine rings is 1. The van der Waals surface area contributed by atoms with E-state index in [1.54, 1.807) is 21.3 Å². The largest absolute Gasteiger partial charge is 0.496 e. The highest BCUT2D eigenvalue weighted by molar-refractivity contribution is 5.79. The van der Waals surface area contributed by atoms with Gasteiger partial charge in [0.25, 0.3) is 0 Å². The summed E-state index contributed by atoms with van der Waals surface area (Å²) >= 11 is 0. The highest BCUT2D eigenvalue weighted by atomic mass is 16.5. The Balaban J connectivity index is 1.34. The van der Waals surface area contributed by atoms with E-state index in [1.807, 2.05) is 42.5 Å². The smallest absolute Gasteiger partial charge is 0.241 e. The normalized spacial score (nSPS) is 16.1. The van der Waals surface area contributed by atoms with Crippen LogP contribution in [0.1, 0.15) is 24.3 Å². The number of likely N-dealkylation sites (tertiary alicyclic amines) is 1. The van der Waals surface area contributed by atoms with Gasteiger partial charge in [-0.2, -0.15) is 4.98 Å². The van der Waals surface area contributed by atoms with Crippen molar-refractivity contribution in [1.29, 1.82) is 0 Å². The number of nitrogens with one attached hydrogen (secondary N) is 1. The fourth-order valence-corrected chi connectivity index (χ4v) is 4.19. The second-order valence-corrected chi connectivity index (χ2v) is 8.19. The number of amides is 1. The highest BCUT2D eigenvalue weighted by Gasteiger charge is 2.27. The minimum absolute atomic E-state index is 0.0483. The molecule has 4 rings (SSSR count). The summed E-state index contributed by atoms with van der Waals surface area (Å²) in [5, 5.41) is 7.17. The minimum Gasteiger partial charge on any atom is -0.496 e. The molecule has 0 saturated carbocycles. The van der Waals surface area contributed by atoms with E-state index >= 15 is 0 Å². The zero-order valence-electron chi connectivity index (χ0n) is 19.7. The van der Waals surface area contributed by atoms with Crippen molar-refractivity contribution in [2.75, 3.05) is 34.4 Å². The van der Waals surface area contributed by atoms with Crippen LogP contribution in [0.2, 0.25) is 0 Å². The van der Waals surface area contributed by atoms with Crippen LogP contribution < -0.4 is 19.5 Å². The summed E-state index contributed by atoms with van der Waals surface area (Å²) in [7, 11) is 4.81. The summed E-state index contributed by atoms with van der Waals surface area (Å²) in [6.07, 6.45) is 1.79. The predicted molar refractivity (Wildman–Crippen MR) is 126 cm³/mol. The number of methoxy groups -OCH3 is 3. The minimum atomic E-state index is -0.0864. The van der Waals surface area contributed by atoms with Crippen LogP contribution in [0.15, 0.2) is 47.0 Å². The average molecular weight is 467 g/mol. The molecule has 0 radical (unpaired) electrons. The summed E-state index contributed by atoms with van der Waals surface area (Å²) in [4.78, 5) is 19.5. The third kappa shape index (κ3) is 5.48. The summed E-state index contributed by atoms with van der Waals surface area (Å²) in [6, 6.07) is 13.2. The number of ether oxygens (including phenoxy) is 3. The van der Waals surface area contributed by atoms with Crippen LogP contribution in [0.25, 0.3) is 11.4 Å². The number of para-hydroxylation sites is 1. The molecule has 1 aliphatic heterocycles. The molecular formula is C25H30N4O5. The van der Waals surface area contributed by atoms with Crippen LogP contribution in [-0.4, -0.2) is 55.4 Å². The molecule has 2 heterocycles. The monoisotopic (exact) mass is 466 g/mol. The van der Waals surface area contributed by atoms with Crippen molar-refractivity contribution in [3.63, 3.8) is 0 Å². The molecule has 9 heteroatoms. The van der Waals surface area contributed by atoms with E-state index < -0.39 is 0 Å². The van der Waals surface area contributed by atoms with Gasteiger partial charge in [-0.25, -0.2) is 0 Å². The lowest BCUT2D eigenvalue weighted by Crippen LogP contribution is -2.42. The molecule has 3 aromatic rings. The third-order valence-electron chi connectivity index (χ3n) is 5.99. The maximum Gasteiger partial charge on any atom is 0.241 e. The molecule has 1 aromatic heterocycles. The number of benzene rings is 2. The van der Waals surface area contributed by atoms with Crippen molar-refractivity contribution < 1.29 is 23.5 Å². The van der Waals surface area contributed by atoms with Gasteiger partial charge in [0.15, 0.2) is 11.5 Å². The quantitative estimate of drug-likeness (QED) is 0.513. The molecule has 0 aliphatic carbocycles. The maximum atomic E-state index is 12.8. The number of carbonyl (C=O) groups excluding carboxylic acids is 1. The van der Waals surface area contributed by atoms with E-state index in [-0.39, 0.29) is 11.8 Å². The number of carbonyl (C=O) groups is 1. The second-order valence-electron chi connectivity index (χ2n) is 8.19. The highest BCUT2D eigenvalue weighted by Crippen LogP contribution is 2.31. The lowest BCUT2D eigenvalue weighted by molar-refractivity contribution is -0.127. The fraction of sp³-hybridized carbons (Fsp3) is 0.400. The van der Waals surface area contributed by atoms with Crippen LogP contribution in [0.3, 0.4) is 0 Å². The van der Waals surface area contributed by atoms with Gasteiger partial charge >= 0.3 is 0 Å². The molecule has 1 atom stereocenters. The van der Waals surface area contributed by atoms with Gasteiger partial charge in [0.1, 0.15) is 5.75 Å². The van der Waals surface area contributed by atoms with Crippen LogP contribution in [0, 0.1) is 5.92 Å². The topological polar surface area (TPSA) is 99.0 Å². The van der Waals surface area contributed by atoms with Gasteiger partial charge < -0.3 is 24.1 Å². The van der Waals surface area contributed by atoms with Gasteiger partial charge in [-0.3, -0.25) is 9.69 Å². The summed E-state index contributed by atoms with van der Waals surface area (Å²) in [5.74, 6) is 2.97. The number of hydrogen-bond acceptors (Lipinski definition) is 8. The standard InChI is InChI=1S/C25H30N4O5/c1-31-20-9-5-4-7-18(20)14-26-25(30)19-8-6-12-29(15-19)16-23-27-24(28-34-23)17-10-11-21(32-2)22(13-17)33-3/h4-5,7,9-11,13,19H,6,8,12,14-16H2,1-3H3,(H,26,30). The Kier molecular flexibility index (Phi) is 7.64. The van der Waals surface area contributed by atoms with Crippen molar-refractivity contribution >= 4 is 5.91 Å². The number of nitrogens with zero attached hydrogens (tertiary/aromatic N) is 3. The molecule has 1 unspecified atom stereocenters. The Bertz CT molecular complexity index is 1120. The summed E-state index contributed by atoms with van der Waals surface area (Å²) < 4.78 is 21.5. The first kappa shape index (κ1) is 23.6. The Hall–Kier alpha value is -3.59. The van der Waals surface area contributed by atoms with Crippen LogP contribution >= 0.6 is 0 Å². The van der Waals surface area contributed by atoms with Crippen molar-refractivity contribution in [2.24, 2.45) is 5.92 Å². The second kappa shape index (κ2) is 11.0. The first-order valence-electron chi connectivity index (χ1n) is 11.3. The van der Waals surface area contributed by atoms with Crippen LogP contribution in [0.5, 0.6) is 17.2 Å². The van der Waals surface area contributed by atoms with Crippen LogP contribution in [-0.2, 0) is 17.9 Å². The average Bonchev–Trinajstić information content (AvgIpc) is 3.35. The molecule has 9 nitrogen and oxygen atoms in total. The number of rotatable bonds is 9. The molecule has 0 bridgehead atoms. The van der Waals surface area contributed by atoms with Crippen molar-refractivity contribution in [1.82, 2.24) is 20.4 Å². The van der Waals surface area contributed by atoms with E-state index in [0.717, 1.165) is 36.3 Å². The van der Waals surface area contributed by atoms with E-state index in [2.05, 4.69) is 20.4 Å². The predicted octanol–water partition coefficient (Wildman–Crippen LogP) is 3.29. The summed E-state index contributed by atoms with van der Waals surface area (Å²) in [5.41, 5.74) is 1.74. The van der Waals surface area contributed by atoms with Gasteiger partial charge in [-0.05, 0) is 43.7 Å². The van der Waals surface area contributed by atoms with Gasteiger partial charge in [-0.15, -0.1) is 0 Å². The Morgan fingerprint density at radius 1 is 1.09 bits per heavy atom. The molecule has 1 saturated heterocycles. The molecule has 2 aromatic carbocycles. The molecule has 1 fully saturated rings. The first-order valence-corrected chi connectivity index (χ1v) is 11.3. The van der Waals surface area contributed by atoms with E-state index in [1.165, 1.54) is 0 Å². The zero-order valence-corrected chi connectivity index (χ0v) is 19.7. The molecule has 1 amide bonds. The SMILES string of the molecule is COc1ccccc1CNC(=O)C1CCCN(Cc2nc(-c3ccc(OC)c(OC)c3)no2)C1. The fourth-order valence-electron chi connectivity index (χ4n) is 4.19. The molecular weight excluding hydrogens is 436 g/mol. The molecule has 180 valence electrons. The van der Waals surface area contributed by atoms with Crippen molar-refractivity contribution in [2.45, 2.75) is 25.9 Å². The number of hydrogen-bond donors (Lipinski definition) is 1. The lowest BCUT2D eigenvalue weighted by Gasteiger charge is -2.30. The zero-order chi connectivity index (χ0) is 23.9. The molecule has 0 spiro atoms. The van der Waals surface area contributed by atoms with Crippen molar-refractivity contribution in [3.8, 4) is 28.6 Å². The molecule has 34 heavy (non-hydrogen) atoms. The number of aromatic nitrogens is 2. The first-order chi connectivity index (χ1) is 16.6. The van der Waals surface area contributed by atoms with E-state index in [9.17, 15) is 4.79 Å². The van der Waals surface area contributed by atoms with Gasteiger partial charge in [0.2, 0.25) is 17.6 Å². The van der Waals surface area contributed by atoms with Gasteiger partial charge in [0, 0.05) is 24.2 Å². The van der Waals surface area contributed by atoms with Gasteiger partial charge in [-0.1, -0.05) is 23.4 Å². The lowest BCUT2D eigenvalue weighted by atomic mass is 9.97. The maximum absolute atomic E-state index is 12.8. The van der Waals surface area contributed by atoms with Gasteiger partial charge in [0.05, 0.1) is 33.8 Å². The Labute approximate surface area is 199 Å². The summed E-state index contributed by atoms with van der Waals surface area (Å²) in [6.45, 7) is 2.46. The molecule has 1 N–H and O–H groups in total. The van der Waals surface area contributed by atoms with E-state index in [0.29, 0.717) is 42.8 Å². The van der Waals surface area contributed by atoms with Crippen molar-refractivity contribution in [3.05, 3.63) is 53.9 Å². The van der Waals surface area contributed by atoms with Crippen LogP contribution in [0.4, 0.5) is 0 Å². The Morgan fingerprint density at radius 3 is 2.68 bits per heavy atom. The third-order valence-corrected chi connectivity index (χ3v) is 5.99.